The van der Waals surface area contributed by atoms with Gasteiger partial charge in [-0.05, 0) is 38.8 Å². The molecule has 29 heavy (non-hydrogen) atoms. The van der Waals surface area contributed by atoms with Crippen molar-refractivity contribution in [2.24, 2.45) is 5.92 Å². The van der Waals surface area contributed by atoms with Gasteiger partial charge in [0.05, 0.1) is 0 Å². The second kappa shape index (κ2) is 9.33. The van der Waals surface area contributed by atoms with Crippen molar-refractivity contribution < 1.29 is 28.6 Å². The van der Waals surface area contributed by atoms with Gasteiger partial charge in [0.2, 0.25) is 5.91 Å². The van der Waals surface area contributed by atoms with Crippen LogP contribution in [0.15, 0.2) is 18.2 Å². The number of nitrogens with one attached hydrogen (secondary N) is 1. The highest BCUT2D eigenvalue weighted by molar-refractivity contribution is 5.86. The lowest BCUT2D eigenvalue weighted by Gasteiger charge is -2.35. The molecule has 0 spiro atoms. The molecule has 1 aromatic rings. The van der Waals surface area contributed by atoms with Gasteiger partial charge in [-0.25, -0.2) is 9.18 Å². The molecule has 1 aliphatic rings. The van der Waals surface area contributed by atoms with E-state index in [-0.39, 0.29) is 29.4 Å². The van der Waals surface area contributed by atoms with E-state index >= 15 is 0 Å². The highest BCUT2D eigenvalue weighted by Crippen LogP contribution is 2.29. The Balaban J connectivity index is 1.92. The molecule has 1 fully saturated rings. The minimum Gasteiger partial charge on any atom is -0.504 e. The van der Waals surface area contributed by atoms with Gasteiger partial charge in [-0.3, -0.25) is 4.79 Å². The summed E-state index contributed by atoms with van der Waals surface area (Å²) in [5, 5.41) is 12.5. The van der Waals surface area contributed by atoms with Crippen molar-refractivity contribution in [3.05, 3.63) is 24.0 Å². The number of hydrogen-bond donors (Lipinski definition) is 2. The predicted octanol–water partition coefficient (Wildman–Crippen LogP) is 3.45. The van der Waals surface area contributed by atoms with E-state index in [2.05, 4.69) is 5.32 Å². The number of aromatic hydroxyl groups is 1. The first-order valence-corrected chi connectivity index (χ1v) is 9.89. The van der Waals surface area contributed by atoms with Crippen LogP contribution in [0.1, 0.15) is 47.5 Å². The lowest BCUT2D eigenvalue weighted by atomic mass is 10.0. The smallest absolute Gasteiger partial charge is 0.408 e. The fourth-order valence-electron chi connectivity index (χ4n) is 3.11. The zero-order valence-corrected chi connectivity index (χ0v) is 17.7. The fourth-order valence-corrected chi connectivity index (χ4v) is 3.11. The number of benzene rings is 1. The van der Waals surface area contributed by atoms with Crippen molar-refractivity contribution in [3.8, 4) is 11.5 Å². The normalized spacial score (nSPS) is 16.4. The largest absolute Gasteiger partial charge is 0.504 e. The summed E-state index contributed by atoms with van der Waals surface area (Å²) in [6.07, 6.45) is 0.334. The van der Waals surface area contributed by atoms with Gasteiger partial charge in [0, 0.05) is 32.0 Å². The number of likely N-dealkylation sites (tertiary alicyclic amines) is 1. The molecule has 2 N–H and O–H groups in total. The molecule has 7 nitrogen and oxygen atoms in total. The van der Waals surface area contributed by atoms with Crippen molar-refractivity contribution in [1.29, 1.82) is 0 Å². The van der Waals surface area contributed by atoms with Gasteiger partial charge in [0.1, 0.15) is 23.6 Å². The second-order valence-electron chi connectivity index (χ2n) is 8.62. The molecule has 0 saturated carbocycles. The molecule has 1 aliphatic heterocycles. The highest BCUT2D eigenvalue weighted by Gasteiger charge is 2.33. The summed E-state index contributed by atoms with van der Waals surface area (Å²) in [6.45, 7) is 9.96. The Labute approximate surface area is 171 Å². The van der Waals surface area contributed by atoms with Crippen LogP contribution in [0.5, 0.6) is 11.5 Å². The third-order valence-corrected chi connectivity index (χ3v) is 4.57. The summed E-state index contributed by atoms with van der Waals surface area (Å²) in [4.78, 5) is 26.7. The maximum atomic E-state index is 13.1. The van der Waals surface area contributed by atoms with Crippen LogP contribution in [0.2, 0.25) is 0 Å². The first-order chi connectivity index (χ1) is 13.5. The quantitative estimate of drug-likeness (QED) is 0.776. The Hall–Kier alpha value is -2.51. The van der Waals surface area contributed by atoms with Crippen molar-refractivity contribution in [2.45, 2.75) is 65.2 Å². The lowest BCUT2D eigenvalue weighted by Crippen LogP contribution is -2.54. The molecular formula is C21H31FN2O5. The lowest BCUT2D eigenvalue weighted by molar-refractivity contribution is -0.136. The Morgan fingerprint density at radius 2 is 1.86 bits per heavy atom. The van der Waals surface area contributed by atoms with Crippen LogP contribution >= 0.6 is 0 Å². The number of carbonyl (C=O) groups is 2. The van der Waals surface area contributed by atoms with Crippen molar-refractivity contribution >= 4 is 12.0 Å². The van der Waals surface area contributed by atoms with Gasteiger partial charge in [-0.2, -0.15) is 0 Å². The number of alkyl carbamates (subject to hydrolysis) is 1. The Bertz CT molecular complexity index is 724. The molecule has 0 bridgehead atoms. The number of hydrogen-bond acceptors (Lipinski definition) is 5. The highest BCUT2D eigenvalue weighted by atomic mass is 19.1. The molecule has 0 unspecified atom stereocenters. The third-order valence-electron chi connectivity index (χ3n) is 4.57. The SMILES string of the molecule is CC(C)[C@H](NC(=O)OC(C)(C)C)C(=O)N1CCC(Oc2ccc(F)cc2O)CC1. The zero-order chi connectivity index (χ0) is 21.8. The van der Waals surface area contributed by atoms with Crippen LogP contribution in [-0.2, 0) is 9.53 Å². The molecule has 1 aromatic carbocycles. The summed E-state index contributed by atoms with van der Waals surface area (Å²) in [5.41, 5.74) is -0.643. The molecule has 1 atom stereocenters. The predicted molar refractivity (Wildman–Crippen MR) is 106 cm³/mol. The molecule has 0 aliphatic carbocycles. The average Bonchev–Trinajstić information content (AvgIpc) is 2.60. The molecule has 1 heterocycles. The monoisotopic (exact) mass is 410 g/mol. The molecular weight excluding hydrogens is 379 g/mol. The number of phenolic OH excluding ortho intramolecular Hbond substituents is 1. The van der Waals surface area contributed by atoms with E-state index in [1.54, 1.807) is 25.7 Å². The number of halogens is 1. The number of phenols is 1. The molecule has 2 rings (SSSR count). The standard InChI is InChI=1S/C21H31FN2O5/c1-13(2)18(23-20(27)29-21(3,4)5)19(26)24-10-8-15(9-11-24)28-17-7-6-14(22)12-16(17)25/h6-7,12-13,15,18,25H,8-11H2,1-5H3,(H,23,27)/t18-/m0/s1. The molecule has 0 radical (unpaired) electrons. The van der Waals surface area contributed by atoms with Gasteiger partial charge < -0.3 is 24.8 Å². The van der Waals surface area contributed by atoms with Gasteiger partial charge in [-0.15, -0.1) is 0 Å². The summed E-state index contributed by atoms with van der Waals surface area (Å²) in [5.74, 6) is -0.811. The fraction of sp³-hybridized carbons (Fsp3) is 0.619. The molecule has 1 saturated heterocycles. The van der Waals surface area contributed by atoms with Crippen LogP contribution in [0, 0.1) is 11.7 Å². The van der Waals surface area contributed by atoms with Crippen LogP contribution in [-0.4, -0.2) is 52.8 Å². The second-order valence-corrected chi connectivity index (χ2v) is 8.62. The average molecular weight is 410 g/mol. The van der Waals surface area contributed by atoms with E-state index in [1.165, 1.54) is 12.1 Å². The number of amides is 2. The number of carbonyl (C=O) groups excluding carboxylic acids is 2. The van der Waals surface area contributed by atoms with Crippen LogP contribution in [0.25, 0.3) is 0 Å². The number of rotatable bonds is 5. The number of piperidine rings is 1. The Morgan fingerprint density at radius 3 is 2.38 bits per heavy atom. The van der Waals surface area contributed by atoms with Crippen LogP contribution < -0.4 is 10.1 Å². The third kappa shape index (κ3) is 6.80. The maximum Gasteiger partial charge on any atom is 0.408 e. The van der Waals surface area contributed by atoms with E-state index in [0.29, 0.717) is 25.9 Å². The van der Waals surface area contributed by atoms with E-state index in [9.17, 15) is 19.1 Å². The van der Waals surface area contributed by atoms with Crippen LogP contribution in [0.3, 0.4) is 0 Å². The summed E-state index contributed by atoms with van der Waals surface area (Å²) < 4.78 is 24.1. The molecule has 162 valence electrons. The Morgan fingerprint density at radius 1 is 1.24 bits per heavy atom. The van der Waals surface area contributed by atoms with Gasteiger partial charge in [0.15, 0.2) is 11.5 Å². The van der Waals surface area contributed by atoms with E-state index in [0.717, 1.165) is 6.07 Å². The van der Waals surface area contributed by atoms with E-state index in [4.69, 9.17) is 9.47 Å². The first-order valence-electron chi connectivity index (χ1n) is 9.89. The van der Waals surface area contributed by atoms with Gasteiger partial charge >= 0.3 is 6.09 Å². The minimum absolute atomic E-state index is 0.0971. The van der Waals surface area contributed by atoms with Crippen molar-refractivity contribution in [1.82, 2.24) is 10.2 Å². The van der Waals surface area contributed by atoms with E-state index in [1.807, 2.05) is 13.8 Å². The summed E-state index contributed by atoms with van der Waals surface area (Å²) >= 11 is 0. The summed E-state index contributed by atoms with van der Waals surface area (Å²) in [7, 11) is 0. The van der Waals surface area contributed by atoms with Gasteiger partial charge in [0.25, 0.3) is 0 Å². The minimum atomic E-state index is -0.677. The van der Waals surface area contributed by atoms with Crippen molar-refractivity contribution in [3.63, 3.8) is 0 Å². The summed E-state index contributed by atoms with van der Waals surface area (Å²) in [6, 6.07) is 2.94. The molecule has 8 heteroatoms. The number of nitrogens with zero attached hydrogens (tertiary/aromatic N) is 1. The molecule has 0 aromatic heterocycles. The first kappa shape index (κ1) is 22.8. The maximum absolute atomic E-state index is 13.1. The Kier molecular flexibility index (Phi) is 7.32. The van der Waals surface area contributed by atoms with E-state index < -0.39 is 23.6 Å². The molecule has 2 amide bonds. The van der Waals surface area contributed by atoms with Gasteiger partial charge in [-0.1, -0.05) is 13.8 Å². The zero-order valence-electron chi connectivity index (χ0n) is 17.7. The number of ether oxygens (including phenoxy) is 2. The van der Waals surface area contributed by atoms with Crippen LogP contribution in [0.4, 0.5) is 9.18 Å². The topological polar surface area (TPSA) is 88.1 Å². The van der Waals surface area contributed by atoms with Crippen molar-refractivity contribution in [2.75, 3.05) is 13.1 Å².